The molecule has 19 heavy (non-hydrogen) atoms. The molecule has 0 bridgehead atoms. The molecule has 0 atom stereocenters. The molecule has 2 aromatic rings. The van der Waals surface area contributed by atoms with Gasteiger partial charge in [0.2, 0.25) is 0 Å². The maximum Gasteiger partial charge on any atom is 0.339 e. The maximum atomic E-state index is 13.1. The number of ether oxygens (including phenoxy) is 2. The summed E-state index contributed by atoms with van der Waals surface area (Å²) in [6.45, 7) is 0. The van der Waals surface area contributed by atoms with Crippen LogP contribution < -0.4 is 4.74 Å². The third kappa shape index (κ3) is 2.42. The van der Waals surface area contributed by atoms with Crippen molar-refractivity contribution in [1.82, 2.24) is 9.55 Å². The number of pyridine rings is 1. The van der Waals surface area contributed by atoms with Gasteiger partial charge in [0, 0.05) is 19.3 Å². The Bertz CT molecular complexity index is 622. The summed E-state index contributed by atoms with van der Waals surface area (Å²) < 4.78 is 24.6. The van der Waals surface area contributed by atoms with Crippen molar-refractivity contribution in [1.29, 1.82) is 0 Å². The first-order valence-electron chi connectivity index (χ1n) is 5.51. The fourth-order valence-electron chi connectivity index (χ4n) is 1.80. The molecule has 5 nitrogen and oxygen atoms in total. The largest absolute Gasteiger partial charge is 0.494 e. The number of nitrogens with zero attached hydrogens (tertiary/aromatic N) is 2. The van der Waals surface area contributed by atoms with Gasteiger partial charge >= 0.3 is 5.97 Å². The SMILES string of the molecule is COC(=O)c1cc(-c2ncc(F)cc2OC)n(C)c1. The summed E-state index contributed by atoms with van der Waals surface area (Å²) in [6.07, 6.45) is 2.72. The van der Waals surface area contributed by atoms with E-state index in [2.05, 4.69) is 9.72 Å². The summed E-state index contributed by atoms with van der Waals surface area (Å²) >= 11 is 0. The number of hydrogen-bond acceptors (Lipinski definition) is 4. The molecule has 0 saturated carbocycles. The number of methoxy groups -OCH3 is 2. The smallest absolute Gasteiger partial charge is 0.339 e. The van der Waals surface area contributed by atoms with Crippen LogP contribution in [0.1, 0.15) is 10.4 Å². The first-order valence-corrected chi connectivity index (χ1v) is 5.51. The second-order valence-electron chi connectivity index (χ2n) is 3.92. The second-order valence-corrected chi connectivity index (χ2v) is 3.92. The van der Waals surface area contributed by atoms with Crippen molar-refractivity contribution < 1.29 is 18.7 Å². The molecule has 100 valence electrons. The fraction of sp³-hybridized carbons (Fsp3) is 0.231. The molecule has 0 fully saturated rings. The highest BCUT2D eigenvalue weighted by Crippen LogP contribution is 2.29. The van der Waals surface area contributed by atoms with Crippen LogP contribution in [0.3, 0.4) is 0 Å². The van der Waals surface area contributed by atoms with Crippen molar-refractivity contribution in [2.24, 2.45) is 7.05 Å². The van der Waals surface area contributed by atoms with Gasteiger partial charge in [-0.3, -0.25) is 0 Å². The third-order valence-electron chi connectivity index (χ3n) is 2.71. The van der Waals surface area contributed by atoms with Crippen LogP contribution in [0.25, 0.3) is 11.4 Å². The predicted octanol–water partition coefficient (Wildman–Crippen LogP) is 2.02. The Hall–Kier alpha value is -2.37. The van der Waals surface area contributed by atoms with Crippen molar-refractivity contribution in [3.05, 3.63) is 35.9 Å². The van der Waals surface area contributed by atoms with Gasteiger partial charge in [-0.15, -0.1) is 0 Å². The number of esters is 1. The molecular formula is C13H13FN2O3. The van der Waals surface area contributed by atoms with Gasteiger partial charge in [-0.25, -0.2) is 14.2 Å². The minimum absolute atomic E-state index is 0.303. The van der Waals surface area contributed by atoms with E-state index in [4.69, 9.17) is 4.74 Å². The number of carbonyl (C=O) groups is 1. The van der Waals surface area contributed by atoms with Gasteiger partial charge in [0.25, 0.3) is 0 Å². The summed E-state index contributed by atoms with van der Waals surface area (Å²) in [5, 5.41) is 0. The molecule has 0 amide bonds. The fourth-order valence-corrected chi connectivity index (χ4v) is 1.80. The van der Waals surface area contributed by atoms with E-state index in [1.807, 2.05) is 0 Å². The summed E-state index contributed by atoms with van der Waals surface area (Å²) in [4.78, 5) is 15.5. The van der Waals surface area contributed by atoms with Crippen molar-refractivity contribution in [2.45, 2.75) is 0 Å². The number of hydrogen-bond donors (Lipinski definition) is 0. The maximum absolute atomic E-state index is 13.1. The lowest BCUT2D eigenvalue weighted by atomic mass is 10.2. The normalized spacial score (nSPS) is 10.3. The molecule has 0 aliphatic rings. The molecule has 0 aromatic carbocycles. The van der Waals surface area contributed by atoms with Crippen LogP contribution in [0.15, 0.2) is 24.5 Å². The lowest BCUT2D eigenvalue weighted by Gasteiger charge is -2.08. The van der Waals surface area contributed by atoms with Gasteiger partial charge in [-0.1, -0.05) is 0 Å². The molecule has 2 rings (SSSR count). The van der Waals surface area contributed by atoms with E-state index >= 15 is 0 Å². The van der Waals surface area contributed by atoms with Crippen molar-refractivity contribution in [3.8, 4) is 17.1 Å². The van der Waals surface area contributed by atoms with E-state index in [-0.39, 0.29) is 0 Å². The molecule has 0 aliphatic carbocycles. The average molecular weight is 264 g/mol. The highest BCUT2D eigenvalue weighted by molar-refractivity contribution is 5.91. The lowest BCUT2D eigenvalue weighted by molar-refractivity contribution is 0.0600. The molecule has 6 heteroatoms. The lowest BCUT2D eigenvalue weighted by Crippen LogP contribution is -1.98. The number of rotatable bonds is 3. The van der Waals surface area contributed by atoms with E-state index in [1.165, 1.54) is 20.3 Å². The third-order valence-corrected chi connectivity index (χ3v) is 2.71. The van der Waals surface area contributed by atoms with E-state index < -0.39 is 11.8 Å². The quantitative estimate of drug-likeness (QED) is 0.796. The van der Waals surface area contributed by atoms with Crippen LogP contribution in [-0.4, -0.2) is 29.7 Å². The zero-order valence-electron chi connectivity index (χ0n) is 10.8. The van der Waals surface area contributed by atoms with Gasteiger partial charge in [0.05, 0.1) is 31.7 Å². The van der Waals surface area contributed by atoms with Gasteiger partial charge in [0.1, 0.15) is 17.3 Å². The second kappa shape index (κ2) is 5.09. The molecule has 0 spiro atoms. The number of aryl methyl sites for hydroxylation is 1. The summed E-state index contributed by atoms with van der Waals surface area (Å²) in [5.41, 5.74) is 1.49. The summed E-state index contributed by atoms with van der Waals surface area (Å²) in [5.74, 6) is -0.622. The summed E-state index contributed by atoms with van der Waals surface area (Å²) in [7, 11) is 4.50. The van der Waals surface area contributed by atoms with Gasteiger partial charge in [-0.2, -0.15) is 0 Å². The molecule has 0 unspecified atom stereocenters. The van der Waals surface area contributed by atoms with Crippen molar-refractivity contribution in [3.63, 3.8) is 0 Å². The van der Waals surface area contributed by atoms with Gasteiger partial charge < -0.3 is 14.0 Å². The number of aromatic nitrogens is 2. The molecule has 0 N–H and O–H groups in total. The Morgan fingerprint density at radius 1 is 1.37 bits per heavy atom. The molecule has 0 saturated heterocycles. The summed E-state index contributed by atoms with van der Waals surface area (Å²) in [6, 6.07) is 2.86. The Balaban J connectivity index is 2.53. The van der Waals surface area contributed by atoms with E-state index in [0.29, 0.717) is 22.7 Å². The Morgan fingerprint density at radius 3 is 2.74 bits per heavy atom. The van der Waals surface area contributed by atoms with Crippen LogP contribution in [0.5, 0.6) is 5.75 Å². The highest BCUT2D eigenvalue weighted by atomic mass is 19.1. The molecule has 2 heterocycles. The zero-order chi connectivity index (χ0) is 14.0. The molecule has 0 radical (unpaired) electrons. The Kier molecular flexibility index (Phi) is 3.50. The van der Waals surface area contributed by atoms with Crippen LogP contribution in [0.4, 0.5) is 4.39 Å². The van der Waals surface area contributed by atoms with E-state index in [1.54, 1.807) is 23.9 Å². The van der Waals surface area contributed by atoms with Gasteiger partial charge in [-0.05, 0) is 6.07 Å². The van der Waals surface area contributed by atoms with Crippen LogP contribution >= 0.6 is 0 Å². The van der Waals surface area contributed by atoms with Gasteiger partial charge in [0.15, 0.2) is 0 Å². The molecular weight excluding hydrogens is 251 g/mol. The zero-order valence-corrected chi connectivity index (χ0v) is 10.8. The van der Waals surface area contributed by atoms with E-state index in [0.717, 1.165) is 6.20 Å². The standard InChI is InChI=1S/C13H13FN2O3/c1-16-7-8(13(17)19-3)4-10(16)12-11(18-2)5-9(14)6-15-12/h4-7H,1-3H3. The topological polar surface area (TPSA) is 53.4 Å². The van der Waals surface area contributed by atoms with Crippen LogP contribution in [0, 0.1) is 5.82 Å². The van der Waals surface area contributed by atoms with Crippen molar-refractivity contribution in [2.75, 3.05) is 14.2 Å². The first-order chi connectivity index (χ1) is 9.06. The number of carbonyl (C=O) groups excluding carboxylic acids is 1. The van der Waals surface area contributed by atoms with Crippen LogP contribution in [-0.2, 0) is 11.8 Å². The number of halogens is 1. The van der Waals surface area contributed by atoms with E-state index in [9.17, 15) is 9.18 Å². The van der Waals surface area contributed by atoms with Crippen molar-refractivity contribution >= 4 is 5.97 Å². The van der Waals surface area contributed by atoms with Crippen LogP contribution in [0.2, 0.25) is 0 Å². The Labute approximate surface area is 109 Å². The molecule has 2 aromatic heterocycles. The molecule has 0 aliphatic heterocycles. The minimum atomic E-state index is -0.483. The minimum Gasteiger partial charge on any atom is -0.494 e. The predicted molar refractivity (Wildman–Crippen MR) is 66.5 cm³/mol. The monoisotopic (exact) mass is 264 g/mol. The first kappa shape index (κ1) is 13.1. The Morgan fingerprint density at radius 2 is 2.11 bits per heavy atom. The average Bonchev–Trinajstić information content (AvgIpc) is 2.79. The highest BCUT2D eigenvalue weighted by Gasteiger charge is 2.16.